The first-order chi connectivity index (χ1) is 17.0. The van der Waals surface area contributed by atoms with Crippen LogP contribution in [0.15, 0.2) is 46.9 Å². The second-order valence-electron chi connectivity index (χ2n) is 8.90. The topological polar surface area (TPSA) is 96.0 Å². The van der Waals surface area contributed by atoms with Crippen LogP contribution in [0.3, 0.4) is 0 Å². The lowest BCUT2D eigenvalue weighted by molar-refractivity contribution is -0.139. The number of halogens is 2. The zero-order valence-corrected chi connectivity index (χ0v) is 23.7. The van der Waals surface area contributed by atoms with E-state index in [1.54, 1.807) is 13.0 Å². The first-order valence-corrected chi connectivity index (χ1v) is 14.7. The van der Waals surface area contributed by atoms with E-state index in [2.05, 4.69) is 21.2 Å². The van der Waals surface area contributed by atoms with Crippen LogP contribution in [0.2, 0.25) is 5.02 Å². The third-order valence-electron chi connectivity index (χ3n) is 6.22. The van der Waals surface area contributed by atoms with Crippen molar-refractivity contribution >= 4 is 55.1 Å². The van der Waals surface area contributed by atoms with Crippen LogP contribution in [0.1, 0.15) is 38.2 Å². The smallest absolute Gasteiger partial charge is 0.244 e. The van der Waals surface area contributed by atoms with Gasteiger partial charge in [-0.2, -0.15) is 0 Å². The number of benzene rings is 2. The molecule has 1 atom stereocenters. The van der Waals surface area contributed by atoms with Gasteiger partial charge in [-0.25, -0.2) is 8.42 Å². The lowest BCUT2D eigenvalue weighted by atomic mass is 10.1. The number of carbonyl (C=O) groups excluding carboxylic acids is 2. The van der Waals surface area contributed by atoms with Gasteiger partial charge in [0.1, 0.15) is 18.3 Å². The summed E-state index contributed by atoms with van der Waals surface area (Å²) < 4.78 is 32.7. The molecule has 1 N–H and O–H groups in total. The number of hydrogen-bond donors (Lipinski definition) is 1. The van der Waals surface area contributed by atoms with Gasteiger partial charge in [-0.05, 0) is 55.7 Å². The van der Waals surface area contributed by atoms with Crippen molar-refractivity contribution in [2.45, 2.75) is 51.2 Å². The summed E-state index contributed by atoms with van der Waals surface area (Å²) in [6, 6.07) is 11.2. The Morgan fingerprint density at radius 1 is 1.17 bits per heavy atom. The Balaban J connectivity index is 1.92. The predicted molar refractivity (Wildman–Crippen MR) is 145 cm³/mol. The van der Waals surface area contributed by atoms with Gasteiger partial charge < -0.3 is 15.0 Å². The van der Waals surface area contributed by atoms with Gasteiger partial charge in [-0.1, -0.05) is 52.5 Å². The third kappa shape index (κ3) is 7.36. The summed E-state index contributed by atoms with van der Waals surface area (Å²) in [5.41, 5.74) is 0.950. The maximum absolute atomic E-state index is 13.7. The van der Waals surface area contributed by atoms with Crippen LogP contribution < -0.4 is 14.4 Å². The van der Waals surface area contributed by atoms with Crippen molar-refractivity contribution in [2.24, 2.45) is 0 Å². The average Bonchev–Trinajstić information content (AvgIpc) is 3.33. The Kier molecular flexibility index (Phi) is 9.66. The van der Waals surface area contributed by atoms with Crippen molar-refractivity contribution in [2.75, 3.05) is 24.2 Å². The summed E-state index contributed by atoms with van der Waals surface area (Å²) in [5.74, 6) is -0.540. The second-order valence-corrected chi connectivity index (χ2v) is 12.2. The van der Waals surface area contributed by atoms with Crippen LogP contribution in [0.5, 0.6) is 5.75 Å². The first kappa shape index (κ1) is 28.3. The van der Waals surface area contributed by atoms with Crippen molar-refractivity contribution in [3.63, 3.8) is 0 Å². The number of ether oxygens (including phenoxy) is 1. The molecule has 196 valence electrons. The van der Waals surface area contributed by atoms with Crippen LogP contribution in [0.4, 0.5) is 5.69 Å². The van der Waals surface area contributed by atoms with Gasteiger partial charge in [0.2, 0.25) is 21.8 Å². The van der Waals surface area contributed by atoms with E-state index < -0.39 is 28.5 Å². The number of rotatable bonds is 10. The molecule has 8 nitrogen and oxygen atoms in total. The average molecular weight is 601 g/mol. The molecule has 0 bridgehead atoms. The molecule has 36 heavy (non-hydrogen) atoms. The molecule has 0 radical (unpaired) electrons. The van der Waals surface area contributed by atoms with Crippen molar-refractivity contribution in [1.29, 1.82) is 0 Å². The zero-order valence-electron chi connectivity index (χ0n) is 20.5. The van der Waals surface area contributed by atoms with E-state index in [1.807, 2.05) is 24.3 Å². The molecule has 1 unspecified atom stereocenters. The Morgan fingerprint density at radius 2 is 1.81 bits per heavy atom. The molecule has 0 aromatic heterocycles. The fourth-order valence-electron chi connectivity index (χ4n) is 4.21. The minimum atomic E-state index is -3.90. The Labute approximate surface area is 226 Å². The van der Waals surface area contributed by atoms with Gasteiger partial charge in [0.05, 0.1) is 19.1 Å². The molecule has 11 heteroatoms. The number of hydrogen-bond acceptors (Lipinski definition) is 5. The van der Waals surface area contributed by atoms with E-state index in [-0.39, 0.29) is 29.9 Å². The fraction of sp³-hybridized carbons (Fsp3) is 0.440. The summed E-state index contributed by atoms with van der Waals surface area (Å²) in [6.45, 7) is 1.27. The van der Waals surface area contributed by atoms with Crippen molar-refractivity contribution in [3.05, 3.63) is 57.5 Å². The number of nitrogens with zero attached hydrogens (tertiary/aromatic N) is 2. The monoisotopic (exact) mass is 599 g/mol. The molecule has 2 aromatic rings. The molecule has 1 aliphatic rings. The highest BCUT2D eigenvalue weighted by atomic mass is 79.9. The molecule has 0 saturated heterocycles. The summed E-state index contributed by atoms with van der Waals surface area (Å²) in [5, 5.41) is 3.33. The van der Waals surface area contributed by atoms with Gasteiger partial charge in [-0.3, -0.25) is 13.9 Å². The van der Waals surface area contributed by atoms with Gasteiger partial charge >= 0.3 is 0 Å². The Morgan fingerprint density at radius 3 is 2.39 bits per heavy atom. The van der Waals surface area contributed by atoms with Gasteiger partial charge in [0.15, 0.2) is 0 Å². The normalized spacial score (nSPS) is 14.8. The highest BCUT2D eigenvalue weighted by Gasteiger charge is 2.32. The minimum absolute atomic E-state index is 0.0906. The highest BCUT2D eigenvalue weighted by Crippen LogP contribution is 2.33. The van der Waals surface area contributed by atoms with E-state index in [1.165, 1.54) is 24.1 Å². The minimum Gasteiger partial charge on any atom is -0.495 e. The van der Waals surface area contributed by atoms with Crippen LogP contribution in [0.25, 0.3) is 0 Å². The number of carbonyl (C=O) groups is 2. The SMILES string of the molecule is COc1ccc(Cl)cc1N(CC(=O)N(Cc1ccc(Br)cc1)C(C)C(=O)NC1CCCC1)S(C)(=O)=O. The lowest BCUT2D eigenvalue weighted by Crippen LogP contribution is -2.52. The highest BCUT2D eigenvalue weighted by molar-refractivity contribution is 9.10. The quantitative estimate of drug-likeness (QED) is 0.437. The molecule has 0 heterocycles. The molecule has 1 aliphatic carbocycles. The molecule has 0 spiro atoms. The van der Waals surface area contributed by atoms with E-state index in [0.29, 0.717) is 5.02 Å². The van der Waals surface area contributed by atoms with Crippen LogP contribution in [-0.4, -0.2) is 57.1 Å². The van der Waals surface area contributed by atoms with Gasteiger partial charge in [0.25, 0.3) is 0 Å². The summed E-state index contributed by atoms with van der Waals surface area (Å²) in [6.07, 6.45) is 4.96. The molecule has 1 fully saturated rings. The van der Waals surface area contributed by atoms with Crippen LogP contribution in [0, 0.1) is 0 Å². The second kappa shape index (κ2) is 12.3. The summed E-state index contributed by atoms with van der Waals surface area (Å²) in [7, 11) is -2.49. The molecule has 3 rings (SSSR count). The molecule has 2 aromatic carbocycles. The van der Waals surface area contributed by atoms with Crippen molar-refractivity contribution in [3.8, 4) is 5.75 Å². The molecular formula is C25H31BrClN3O5S. The van der Waals surface area contributed by atoms with E-state index in [0.717, 1.165) is 46.3 Å². The Hall–Kier alpha value is -2.30. The molecule has 0 aliphatic heterocycles. The zero-order chi connectivity index (χ0) is 26.5. The Bertz CT molecular complexity index is 1190. The van der Waals surface area contributed by atoms with Crippen molar-refractivity contribution < 1.29 is 22.7 Å². The van der Waals surface area contributed by atoms with Gasteiger partial charge in [0, 0.05) is 22.1 Å². The van der Waals surface area contributed by atoms with E-state index in [4.69, 9.17) is 16.3 Å². The van der Waals surface area contributed by atoms with Crippen LogP contribution >= 0.6 is 27.5 Å². The number of sulfonamides is 1. The standard InChI is InChI=1S/C25H31BrClN3O5S/c1-17(25(32)28-21-6-4-5-7-21)29(15-18-8-10-19(26)11-9-18)24(31)16-30(36(3,33)34)22-14-20(27)12-13-23(22)35-2/h8-14,17,21H,4-7,15-16H2,1-3H3,(H,28,32). The van der Waals surface area contributed by atoms with E-state index in [9.17, 15) is 18.0 Å². The maximum Gasteiger partial charge on any atom is 0.244 e. The fourth-order valence-corrected chi connectivity index (χ4v) is 5.49. The van der Waals surface area contributed by atoms with Crippen LogP contribution in [-0.2, 0) is 26.2 Å². The number of methoxy groups -OCH3 is 1. The molecule has 2 amide bonds. The molecule has 1 saturated carbocycles. The van der Waals surface area contributed by atoms with Gasteiger partial charge in [-0.15, -0.1) is 0 Å². The first-order valence-electron chi connectivity index (χ1n) is 11.6. The predicted octanol–water partition coefficient (Wildman–Crippen LogP) is 4.35. The van der Waals surface area contributed by atoms with E-state index >= 15 is 0 Å². The third-order valence-corrected chi connectivity index (χ3v) is 8.11. The number of anilines is 1. The molecular weight excluding hydrogens is 570 g/mol. The number of amides is 2. The largest absolute Gasteiger partial charge is 0.495 e. The summed E-state index contributed by atoms with van der Waals surface area (Å²) >= 11 is 9.53. The maximum atomic E-state index is 13.7. The summed E-state index contributed by atoms with van der Waals surface area (Å²) in [4.78, 5) is 28.2. The lowest BCUT2D eigenvalue weighted by Gasteiger charge is -2.32. The van der Waals surface area contributed by atoms with Crippen molar-refractivity contribution in [1.82, 2.24) is 10.2 Å². The number of nitrogens with one attached hydrogen (secondary N) is 1.